The van der Waals surface area contributed by atoms with E-state index in [-0.39, 0.29) is 0 Å². The van der Waals surface area contributed by atoms with Gasteiger partial charge >= 0.3 is 0 Å². The number of ether oxygens (including phenoxy) is 1. The van der Waals surface area contributed by atoms with E-state index < -0.39 is 0 Å². The van der Waals surface area contributed by atoms with Crippen LogP contribution in [-0.2, 0) is 18.4 Å². The van der Waals surface area contributed by atoms with Crippen LogP contribution in [0.25, 0.3) is 0 Å². The highest BCUT2D eigenvalue weighted by Gasteiger charge is 1.93. The Hall–Kier alpha value is -0.900. The average molecular weight is 157 g/mol. The normalized spacial score (nSPS) is 8.73. The molecular formula is C7H15N3O. The predicted molar refractivity (Wildman–Crippen MR) is 43.1 cm³/mol. The molecule has 0 atom stereocenters. The zero-order valence-corrected chi connectivity index (χ0v) is 7.53. The zero-order valence-electron chi connectivity index (χ0n) is 7.53. The van der Waals surface area contributed by atoms with Gasteiger partial charge in [0.05, 0.1) is 12.8 Å². The molecule has 0 bridgehead atoms. The Bertz CT molecular complexity index is 186. The third-order valence-electron chi connectivity index (χ3n) is 0.942. The Balaban J connectivity index is 0.000000461. The van der Waals surface area contributed by atoms with Crippen molar-refractivity contribution in [3.05, 3.63) is 11.9 Å². The van der Waals surface area contributed by atoms with Crippen LogP contribution in [0.4, 0.5) is 0 Å². The molecule has 4 nitrogen and oxygen atoms in total. The van der Waals surface area contributed by atoms with Gasteiger partial charge in [0.15, 0.2) is 0 Å². The van der Waals surface area contributed by atoms with Crippen LogP contribution in [-0.4, -0.2) is 22.1 Å². The number of nitrogens with zero attached hydrogens (tertiary/aromatic N) is 3. The lowest BCUT2D eigenvalue weighted by atomic mass is 10.5. The van der Waals surface area contributed by atoms with E-state index in [9.17, 15) is 0 Å². The van der Waals surface area contributed by atoms with E-state index in [1.807, 2.05) is 27.1 Å². The first-order valence-corrected chi connectivity index (χ1v) is 3.67. The van der Waals surface area contributed by atoms with Crippen LogP contribution in [0.1, 0.15) is 19.5 Å². The molecule has 0 aliphatic rings. The number of hydrogen-bond acceptors (Lipinski definition) is 3. The molecular weight excluding hydrogens is 142 g/mol. The van der Waals surface area contributed by atoms with Crippen molar-refractivity contribution >= 4 is 0 Å². The van der Waals surface area contributed by atoms with Crippen LogP contribution in [0.3, 0.4) is 0 Å². The zero-order chi connectivity index (χ0) is 8.69. The van der Waals surface area contributed by atoms with Crippen molar-refractivity contribution in [3.63, 3.8) is 0 Å². The van der Waals surface area contributed by atoms with Gasteiger partial charge in [-0.1, -0.05) is 19.1 Å². The highest BCUT2D eigenvalue weighted by atomic mass is 16.5. The fourth-order valence-electron chi connectivity index (χ4n) is 0.609. The minimum absolute atomic E-state index is 0.536. The first-order valence-electron chi connectivity index (χ1n) is 3.67. The van der Waals surface area contributed by atoms with Crippen molar-refractivity contribution in [2.45, 2.75) is 20.5 Å². The molecule has 0 saturated carbocycles. The Morgan fingerprint density at radius 3 is 2.55 bits per heavy atom. The smallest absolute Gasteiger partial charge is 0.108 e. The summed E-state index contributed by atoms with van der Waals surface area (Å²) in [5.41, 5.74) is 0.861. The van der Waals surface area contributed by atoms with E-state index in [2.05, 4.69) is 10.3 Å². The van der Waals surface area contributed by atoms with Crippen LogP contribution < -0.4 is 0 Å². The van der Waals surface area contributed by atoms with Crippen molar-refractivity contribution in [3.8, 4) is 0 Å². The van der Waals surface area contributed by atoms with Gasteiger partial charge in [0.1, 0.15) is 5.69 Å². The lowest BCUT2D eigenvalue weighted by Gasteiger charge is -1.87. The number of rotatable bonds is 2. The van der Waals surface area contributed by atoms with Crippen LogP contribution in [0.15, 0.2) is 6.20 Å². The molecule has 0 aliphatic heterocycles. The number of aromatic nitrogens is 3. The second kappa shape index (κ2) is 5.85. The van der Waals surface area contributed by atoms with E-state index in [0.29, 0.717) is 6.61 Å². The van der Waals surface area contributed by atoms with E-state index in [1.165, 1.54) is 0 Å². The Morgan fingerprint density at radius 2 is 2.18 bits per heavy atom. The van der Waals surface area contributed by atoms with E-state index >= 15 is 0 Å². The molecule has 0 radical (unpaired) electrons. The van der Waals surface area contributed by atoms with Crippen molar-refractivity contribution in [1.29, 1.82) is 0 Å². The predicted octanol–water partition coefficient (Wildman–Crippen LogP) is 0.988. The lowest BCUT2D eigenvalue weighted by Crippen LogP contribution is -1.85. The summed E-state index contributed by atoms with van der Waals surface area (Å²) in [5, 5.41) is 7.52. The van der Waals surface area contributed by atoms with E-state index in [1.54, 1.807) is 11.8 Å². The molecule has 1 rings (SSSR count). The summed E-state index contributed by atoms with van der Waals surface area (Å²) in [4.78, 5) is 0. The van der Waals surface area contributed by atoms with E-state index in [4.69, 9.17) is 4.74 Å². The number of hydrogen-bond donors (Lipinski definition) is 0. The van der Waals surface area contributed by atoms with Crippen LogP contribution in [0.2, 0.25) is 0 Å². The van der Waals surface area contributed by atoms with Gasteiger partial charge in [-0.2, -0.15) is 0 Å². The van der Waals surface area contributed by atoms with Gasteiger partial charge in [0, 0.05) is 14.2 Å². The molecule has 0 aliphatic carbocycles. The molecule has 1 aromatic heterocycles. The van der Waals surface area contributed by atoms with Crippen LogP contribution >= 0.6 is 0 Å². The van der Waals surface area contributed by atoms with Gasteiger partial charge in [-0.3, -0.25) is 4.68 Å². The summed E-state index contributed by atoms with van der Waals surface area (Å²) in [6.07, 6.45) is 1.82. The van der Waals surface area contributed by atoms with Gasteiger partial charge in [-0.05, 0) is 0 Å². The molecule has 0 spiro atoms. The minimum atomic E-state index is 0.536. The standard InChI is InChI=1S/C5H9N3O.C2H6/c1-8-3-5(4-9-2)6-7-8;1-2/h3H,4H2,1-2H3;1-2H3. The monoisotopic (exact) mass is 157 g/mol. The largest absolute Gasteiger partial charge is 0.378 e. The van der Waals surface area contributed by atoms with E-state index in [0.717, 1.165) is 5.69 Å². The summed E-state index contributed by atoms with van der Waals surface area (Å²) in [7, 11) is 3.46. The fourth-order valence-corrected chi connectivity index (χ4v) is 0.609. The Labute approximate surface area is 67.2 Å². The first kappa shape index (κ1) is 10.1. The molecule has 0 fully saturated rings. The van der Waals surface area contributed by atoms with Gasteiger partial charge in [-0.15, -0.1) is 5.10 Å². The molecule has 1 heterocycles. The molecule has 1 aromatic rings. The first-order chi connectivity index (χ1) is 5.33. The summed E-state index contributed by atoms with van der Waals surface area (Å²) in [6, 6.07) is 0. The minimum Gasteiger partial charge on any atom is -0.378 e. The van der Waals surface area contributed by atoms with Crippen LogP contribution in [0.5, 0.6) is 0 Å². The third-order valence-corrected chi connectivity index (χ3v) is 0.942. The van der Waals surface area contributed by atoms with Crippen molar-refractivity contribution < 1.29 is 4.74 Å². The maximum atomic E-state index is 4.83. The molecule has 0 aromatic carbocycles. The summed E-state index contributed by atoms with van der Waals surface area (Å²) >= 11 is 0. The van der Waals surface area contributed by atoms with Gasteiger partial charge in [-0.25, -0.2) is 0 Å². The SMILES string of the molecule is CC.COCc1cn(C)nn1. The van der Waals surface area contributed by atoms with Gasteiger partial charge in [0.25, 0.3) is 0 Å². The van der Waals surface area contributed by atoms with Gasteiger partial charge < -0.3 is 4.74 Å². The quantitative estimate of drug-likeness (QED) is 0.642. The van der Waals surface area contributed by atoms with Crippen molar-refractivity contribution in [2.75, 3.05) is 7.11 Å². The molecule has 0 unspecified atom stereocenters. The van der Waals surface area contributed by atoms with Crippen molar-refractivity contribution in [1.82, 2.24) is 15.0 Å². The second-order valence-electron chi connectivity index (χ2n) is 1.82. The summed E-state index contributed by atoms with van der Waals surface area (Å²) in [5.74, 6) is 0. The van der Waals surface area contributed by atoms with Gasteiger partial charge in [0.2, 0.25) is 0 Å². The highest BCUT2D eigenvalue weighted by molar-refractivity contribution is 4.88. The molecule has 64 valence electrons. The molecule has 4 heteroatoms. The number of methoxy groups -OCH3 is 1. The molecule has 11 heavy (non-hydrogen) atoms. The maximum Gasteiger partial charge on any atom is 0.108 e. The summed E-state index contributed by atoms with van der Waals surface area (Å²) < 4.78 is 6.47. The molecule has 0 saturated heterocycles. The molecule has 0 N–H and O–H groups in total. The maximum absolute atomic E-state index is 4.83. The second-order valence-corrected chi connectivity index (χ2v) is 1.82. The average Bonchev–Trinajstić information content (AvgIpc) is 2.41. The van der Waals surface area contributed by atoms with Crippen LogP contribution in [0, 0.1) is 0 Å². The topological polar surface area (TPSA) is 39.9 Å². The summed E-state index contributed by atoms with van der Waals surface area (Å²) in [6.45, 7) is 4.54. The Morgan fingerprint density at radius 1 is 1.55 bits per heavy atom. The molecule has 0 amide bonds. The lowest BCUT2D eigenvalue weighted by molar-refractivity contribution is 0.181. The highest BCUT2D eigenvalue weighted by Crippen LogP contribution is 1.91. The van der Waals surface area contributed by atoms with Crippen molar-refractivity contribution in [2.24, 2.45) is 7.05 Å². The fraction of sp³-hybridized carbons (Fsp3) is 0.714. The third kappa shape index (κ3) is 3.72. The number of aryl methyl sites for hydroxylation is 1. The Kier molecular flexibility index (Phi) is 5.37.